The van der Waals surface area contributed by atoms with Crippen LogP contribution in [0.5, 0.6) is 0 Å². The van der Waals surface area contributed by atoms with Crippen molar-refractivity contribution in [2.75, 3.05) is 27.8 Å². The molecule has 0 radical (unpaired) electrons. The number of nitrogens with one attached hydrogen (secondary N) is 1. The summed E-state index contributed by atoms with van der Waals surface area (Å²) in [4.78, 5) is 59.9. The molecule has 4 heterocycles. The van der Waals surface area contributed by atoms with Gasteiger partial charge in [0.05, 0.1) is 23.8 Å². The molecule has 2 amide bonds. The SMILES string of the molecule is COC1C(O)[C@@H](CON2C(=O)c3ccccc3C2=O)O[C@H]1n1cnc2c(=O)[nH]c(N=CN(C)C)nc21. The van der Waals surface area contributed by atoms with Crippen molar-refractivity contribution in [1.29, 1.82) is 0 Å². The minimum Gasteiger partial charge on any atom is -0.387 e. The molecule has 1 fully saturated rings. The van der Waals surface area contributed by atoms with Crippen LogP contribution >= 0.6 is 0 Å². The number of aliphatic imine (C=N–C) groups is 1. The predicted molar refractivity (Wildman–Crippen MR) is 124 cm³/mol. The first-order valence-electron chi connectivity index (χ1n) is 10.9. The summed E-state index contributed by atoms with van der Waals surface area (Å²) in [5.41, 5.74) is 0.194. The molecule has 2 aliphatic rings. The number of methoxy groups -OCH3 is 1. The Morgan fingerprint density at radius 3 is 2.56 bits per heavy atom. The fourth-order valence-electron chi connectivity index (χ4n) is 4.10. The van der Waals surface area contributed by atoms with Crippen LogP contribution in [0, 0.1) is 0 Å². The quantitative estimate of drug-likeness (QED) is 0.255. The summed E-state index contributed by atoms with van der Waals surface area (Å²) in [6, 6.07) is 6.37. The normalized spacial score (nSPS) is 23.8. The largest absolute Gasteiger partial charge is 0.387 e. The predicted octanol–water partition coefficient (Wildman–Crippen LogP) is -0.158. The Bertz CT molecular complexity index is 1380. The monoisotopic (exact) mass is 497 g/mol. The van der Waals surface area contributed by atoms with Gasteiger partial charge in [-0.25, -0.2) is 9.98 Å². The molecule has 0 saturated carbocycles. The van der Waals surface area contributed by atoms with Gasteiger partial charge in [0.25, 0.3) is 17.4 Å². The van der Waals surface area contributed by atoms with Crippen LogP contribution in [-0.2, 0) is 14.3 Å². The summed E-state index contributed by atoms with van der Waals surface area (Å²) < 4.78 is 12.9. The molecule has 188 valence electrons. The van der Waals surface area contributed by atoms with Crippen LogP contribution in [0.2, 0.25) is 0 Å². The van der Waals surface area contributed by atoms with Crippen LogP contribution in [0.15, 0.2) is 40.4 Å². The molecule has 0 spiro atoms. The van der Waals surface area contributed by atoms with E-state index in [1.54, 1.807) is 31.1 Å². The molecule has 5 rings (SSSR count). The number of imidazole rings is 1. The maximum atomic E-state index is 12.6. The van der Waals surface area contributed by atoms with E-state index in [1.165, 1.54) is 36.5 Å². The van der Waals surface area contributed by atoms with Gasteiger partial charge in [-0.05, 0) is 12.1 Å². The Balaban J connectivity index is 1.38. The smallest absolute Gasteiger partial charge is 0.285 e. The van der Waals surface area contributed by atoms with E-state index >= 15 is 0 Å². The molecule has 36 heavy (non-hydrogen) atoms. The van der Waals surface area contributed by atoms with Gasteiger partial charge in [0, 0.05) is 21.2 Å². The molecule has 14 heteroatoms. The Kier molecular flexibility index (Phi) is 6.09. The maximum absolute atomic E-state index is 12.6. The second-order valence-electron chi connectivity index (χ2n) is 8.42. The molecule has 2 N–H and O–H groups in total. The van der Waals surface area contributed by atoms with Crippen LogP contribution in [0.1, 0.15) is 26.9 Å². The van der Waals surface area contributed by atoms with E-state index in [4.69, 9.17) is 14.3 Å². The van der Waals surface area contributed by atoms with Gasteiger partial charge in [-0.3, -0.25) is 28.8 Å². The van der Waals surface area contributed by atoms with Crippen molar-refractivity contribution in [1.82, 2.24) is 29.5 Å². The highest BCUT2D eigenvalue weighted by Crippen LogP contribution is 2.34. The first-order valence-corrected chi connectivity index (χ1v) is 10.9. The van der Waals surface area contributed by atoms with E-state index in [1.807, 2.05) is 0 Å². The molecule has 2 aliphatic heterocycles. The summed E-state index contributed by atoms with van der Waals surface area (Å²) in [6.45, 7) is -0.317. The fourth-order valence-corrected chi connectivity index (χ4v) is 4.10. The zero-order chi connectivity index (χ0) is 25.6. The average molecular weight is 497 g/mol. The third-order valence-corrected chi connectivity index (χ3v) is 5.81. The lowest BCUT2D eigenvalue weighted by Crippen LogP contribution is -2.38. The van der Waals surface area contributed by atoms with Crippen LogP contribution in [0.4, 0.5) is 5.95 Å². The van der Waals surface area contributed by atoms with E-state index in [-0.39, 0.29) is 34.8 Å². The van der Waals surface area contributed by atoms with Gasteiger partial charge in [-0.15, -0.1) is 5.06 Å². The summed E-state index contributed by atoms with van der Waals surface area (Å²) in [5, 5.41) is 11.5. The summed E-state index contributed by atoms with van der Waals surface area (Å²) >= 11 is 0. The van der Waals surface area contributed by atoms with Crippen molar-refractivity contribution in [2.45, 2.75) is 24.5 Å². The number of amides is 2. The Morgan fingerprint density at radius 2 is 1.92 bits per heavy atom. The molecular weight excluding hydrogens is 474 g/mol. The number of fused-ring (bicyclic) bond motifs is 2. The van der Waals surface area contributed by atoms with Gasteiger partial charge in [0.1, 0.15) is 24.9 Å². The number of rotatable bonds is 7. The lowest BCUT2D eigenvalue weighted by atomic mass is 10.1. The Morgan fingerprint density at radius 1 is 1.22 bits per heavy atom. The highest BCUT2D eigenvalue weighted by Gasteiger charge is 2.47. The van der Waals surface area contributed by atoms with Crippen molar-refractivity contribution in [2.24, 2.45) is 4.99 Å². The Hall–Kier alpha value is -3.98. The van der Waals surface area contributed by atoms with E-state index in [0.29, 0.717) is 5.06 Å². The number of aromatic amines is 1. The van der Waals surface area contributed by atoms with E-state index in [9.17, 15) is 19.5 Å². The number of carbonyl (C=O) groups excluding carboxylic acids is 2. The number of nitrogens with zero attached hydrogens (tertiary/aromatic N) is 6. The molecule has 3 aromatic rings. The zero-order valence-corrected chi connectivity index (χ0v) is 19.6. The van der Waals surface area contributed by atoms with E-state index in [2.05, 4.69) is 19.9 Å². The zero-order valence-electron chi connectivity index (χ0n) is 19.6. The number of H-pyrrole nitrogens is 1. The van der Waals surface area contributed by atoms with Gasteiger partial charge in [-0.1, -0.05) is 12.1 Å². The highest BCUT2D eigenvalue weighted by molar-refractivity contribution is 6.20. The van der Waals surface area contributed by atoms with Crippen molar-refractivity contribution in [3.05, 3.63) is 52.1 Å². The second-order valence-corrected chi connectivity index (χ2v) is 8.42. The van der Waals surface area contributed by atoms with Crippen LogP contribution < -0.4 is 5.56 Å². The first kappa shape index (κ1) is 23.7. The van der Waals surface area contributed by atoms with Gasteiger partial charge in [0.15, 0.2) is 17.4 Å². The van der Waals surface area contributed by atoms with Crippen molar-refractivity contribution < 1.29 is 29.0 Å². The minimum absolute atomic E-state index is 0.0532. The molecular formula is C22H23N7O7. The third kappa shape index (κ3) is 3.95. The summed E-state index contributed by atoms with van der Waals surface area (Å²) in [5.74, 6) is -1.14. The van der Waals surface area contributed by atoms with Crippen LogP contribution in [-0.4, -0.2) is 98.9 Å². The van der Waals surface area contributed by atoms with Crippen LogP contribution in [0.3, 0.4) is 0 Å². The minimum atomic E-state index is -1.19. The molecule has 0 bridgehead atoms. The fraction of sp³-hybridized carbons (Fsp3) is 0.364. The van der Waals surface area contributed by atoms with Crippen molar-refractivity contribution in [3.8, 4) is 0 Å². The number of imide groups is 1. The van der Waals surface area contributed by atoms with Gasteiger partial charge in [0.2, 0.25) is 5.95 Å². The highest BCUT2D eigenvalue weighted by atomic mass is 16.7. The molecule has 2 unspecified atom stereocenters. The van der Waals surface area contributed by atoms with E-state index < -0.39 is 41.9 Å². The number of aromatic nitrogens is 4. The molecule has 4 atom stereocenters. The lowest BCUT2D eigenvalue weighted by molar-refractivity contribution is -0.140. The number of hydroxylamine groups is 2. The molecule has 1 aromatic carbocycles. The van der Waals surface area contributed by atoms with Gasteiger partial charge < -0.3 is 19.5 Å². The summed E-state index contributed by atoms with van der Waals surface area (Å²) in [6.07, 6.45) is -1.18. The average Bonchev–Trinajstić information content (AvgIpc) is 3.49. The maximum Gasteiger partial charge on any atom is 0.285 e. The third-order valence-electron chi connectivity index (χ3n) is 5.81. The number of benzene rings is 1. The lowest BCUT2D eigenvalue weighted by Gasteiger charge is -2.19. The van der Waals surface area contributed by atoms with Crippen molar-refractivity contribution >= 4 is 35.3 Å². The van der Waals surface area contributed by atoms with Gasteiger partial charge >= 0.3 is 0 Å². The number of hydrogen-bond acceptors (Lipinski definition) is 10. The number of ether oxygens (including phenoxy) is 2. The first-order chi connectivity index (χ1) is 17.3. The topological polar surface area (TPSA) is 164 Å². The molecule has 2 aromatic heterocycles. The number of hydrogen-bond donors (Lipinski definition) is 2. The van der Waals surface area contributed by atoms with Gasteiger partial charge in [-0.2, -0.15) is 4.98 Å². The second kappa shape index (κ2) is 9.23. The summed E-state index contributed by atoms with van der Waals surface area (Å²) in [7, 11) is 4.93. The molecule has 1 saturated heterocycles. The van der Waals surface area contributed by atoms with Crippen molar-refractivity contribution in [3.63, 3.8) is 0 Å². The number of aliphatic hydroxyl groups excluding tert-OH is 1. The van der Waals surface area contributed by atoms with Crippen LogP contribution in [0.25, 0.3) is 11.2 Å². The molecule has 0 aliphatic carbocycles. The number of carbonyl (C=O) groups is 2. The standard InChI is InChI=1S/C22H23N7O7/c1-27(2)9-24-22-25-17-14(18(31)26-22)23-10-28(17)21-16(34-3)15(30)13(36-21)8-35-29-19(32)11-6-4-5-7-12(11)20(29)33/h4-7,9-10,13,15-16,21,30H,8H2,1-3H3,(H,25,26,31)/t13-,15?,16?,21-/m1/s1. The Labute approximate surface area is 203 Å². The number of aliphatic hydroxyl groups is 1. The van der Waals surface area contributed by atoms with E-state index in [0.717, 1.165) is 0 Å². The molecule has 14 nitrogen and oxygen atoms in total.